The Bertz CT molecular complexity index is 1150. The molecular formula is C38H66O5SSi2. The van der Waals surface area contributed by atoms with Gasteiger partial charge in [0.1, 0.15) is 5.78 Å². The van der Waals surface area contributed by atoms with E-state index >= 15 is 0 Å². The third-order valence-corrected chi connectivity index (χ3v) is 21.6. The van der Waals surface area contributed by atoms with Crippen molar-refractivity contribution in [2.24, 2.45) is 17.3 Å². The molecule has 0 bridgehead atoms. The highest BCUT2D eigenvalue weighted by Gasteiger charge is 2.51. The molecule has 3 rings (SSSR count). The third-order valence-electron chi connectivity index (χ3n) is 11.8. The summed E-state index contributed by atoms with van der Waals surface area (Å²) in [5.41, 5.74) is 0.384. The number of carbonyl (C=O) groups is 2. The van der Waals surface area contributed by atoms with Gasteiger partial charge in [0.25, 0.3) is 0 Å². The van der Waals surface area contributed by atoms with Crippen LogP contribution in [-0.2, 0) is 29.6 Å². The number of hydrogen-bond acceptors (Lipinski definition) is 6. The van der Waals surface area contributed by atoms with E-state index in [0.717, 1.165) is 50.7 Å². The molecule has 0 amide bonds. The third kappa shape index (κ3) is 10.4. The number of carbonyl (C=O) groups excluding carboxylic acids is 2. The summed E-state index contributed by atoms with van der Waals surface area (Å²) in [6.45, 7) is 23.0. The van der Waals surface area contributed by atoms with Crippen molar-refractivity contribution < 1.29 is 23.2 Å². The summed E-state index contributed by atoms with van der Waals surface area (Å²) in [6, 6.07) is 4.47. The van der Waals surface area contributed by atoms with E-state index in [-0.39, 0.29) is 34.0 Å². The molecule has 1 aromatic heterocycles. The van der Waals surface area contributed by atoms with Crippen molar-refractivity contribution in [2.45, 2.75) is 167 Å². The highest BCUT2D eigenvalue weighted by atomic mass is 32.1. The van der Waals surface area contributed by atoms with Crippen LogP contribution in [0.3, 0.4) is 0 Å². The van der Waals surface area contributed by atoms with Crippen LogP contribution in [0.4, 0.5) is 0 Å². The maximum absolute atomic E-state index is 13.9. The zero-order valence-electron chi connectivity index (χ0n) is 31.2. The molecule has 0 unspecified atom stereocenters. The van der Waals surface area contributed by atoms with E-state index in [9.17, 15) is 9.59 Å². The number of allylic oxidation sites excluding steroid dienone is 1. The van der Waals surface area contributed by atoms with E-state index in [1.54, 1.807) is 0 Å². The molecule has 2 fully saturated rings. The average Bonchev–Trinajstić information content (AvgIpc) is 3.53. The molecule has 8 heteroatoms. The first-order chi connectivity index (χ1) is 21.3. The van der Waals surface area contributed by atoms with Crippen LogP contribution < -0.4 is 0 Å². The number of thiophene rings is 1. The van der Waals surface area contributed by atoms with Crippen LogP contribution in [0.5, 0.6) is 0 Å². The summed E-state index contributed by atoms with van der Waals surface area (Å²) in [7, 11) is -2.87. The second kappa shape index (κ2) is 16.0. The summed E-state index contributed by atoms with van der Waals surface area (Å²) in [5.74, 6) is 1.10. The van der Waals surface area contributed by atoms with Crippen LogP contribution in [0.2, 0.25) is 36.3 Å². The normalized spacial score (nSPS) is 22.5. The monoisotopic (exact) mass is 690 g/mol. The zero-order chi connectivity index (χ0) is 34.4. The van der Waals surface area contributed by atoms with Gasteiger partial charge in [-0.2, -0.15) is 0 Å². The van der Waals surface area contributed by atoms with Crippen molar-refractivity contribution in [3.63, 3.8) is 0 Å². The molecule has 1 aromatic rings. The second-order valence-electron chi connectivity index (χ2n) is 17.4. The van der Waals surface area contributed by atoms with Gasteiger partial charge < -0.3 is 13.6 Å². The summed E-state index contributed by atoms with van der Waals surface area (Å²) < 4.78 is 19.2. The number of rotatable bonds is 17. The van der Waals surface area contributed by atoms with Crippen molar-refractivity contribution >= 4 is 39.7 Å². The van der Waals surface area contributed by atoms with Gasteiger partial charge in [0.15, 0.2) is 8.32 Å². The Morgan fingerprint density at radius 3 is 2.20 bits per heavy atom. The predicted octanol–water partition coefficient (Wildman–Crippen LogP) is 11.3. The fraction of sp³-hybridized carbons (Fsp3) is 0.789. The van der Waals surface area contributed by atoms with Gasteiger partial charge in [-0.05, 0) is 104 Å². The maximum atomic E-state index is 13.9. The van der Waals surface area contributed by atoms with Crippen molar-refractivity contribution in [1.82, 2.24) is 0 Å². The first-order valence-corrected chi connectivity index (χ1v) is 24.7. The van der Waals surface area contributed by atoms with Gasteiger partial charge >= 0.3 is 5.97 Å². The number of unbranched alkanes of at least 4 members (excludes halogenated alkanes) is 3. The van der Waals surface area contributed by atoms with Gasteiger partial charge in [0, 0.05) is 29.6 Å². The number of methoxy groups -OCH3 is 1. The van der Waals surface area contributed by atoms with Gasteiger partial charge in [-0.1, -0.05) is 73.3 Å². The van der Waals surface area contributed by atoms with Crippen molar-refractivity contribution in [2.75, 3.05) is 7.11 Å². The summed E-state index contributed by atoms with van der Waals surface area (Å²) in [5, 5.41) is 2.31. The highest BCUT2D eigenvalue weighted by molar-refractivity contribution is 7.09. The Balaban J connectivity index is 1.91. The minimum Gasteiger partial charge on any atom is -0.546 e. The smallest absolute Gasteiger partial charge is 0.305 e. The van der Waals surface area contributed by atoms with E-state index < -0.39 is 16.6 Å². The molecule has 0 N–H and O–H groups in total. The first kappa shape index (κ1) is 39.2. The largest absolute Gasteiger partial charge is 0.546 e. The Hall–Kier alpha value is -1.23. The van der Waals surface area contributed by atoms with Crippen LogP contribution in [0.25, 0.3) is 0 Å². The molecular weight excluding hydrogens is 625 g/mol. The molecule has 0 radical (unpaired) electrons. The molecule has 2 saturated carbocycles. The van der Waals surface area contributed by atoms with Gasteiger partial charge in [0.2, 0.25) is 8.32 Å². The van der Waals surface area contributed by atoms with Crippen LogP contribution in [0.1, 0.15) is 123 Å². The van der Waals surface area contributed by atoms with E-state index in [2.05, 4.69) is 91.3 Å². The van der Waals surface area contributed by atoms with E-state index in [1.807, 2.05) is 11.3 Å². The van der Waals surface area contributed by atoms with Crippen molar-refractivity contribution in [1.29, 1.82) is 0 Å². The van der Waals surface area contributed by atoms with Crippen LogP contribution >= 0.6 is 11.3 Å². The van der Waals surface area contributed by atoms with Gasteiger partial charge in [-0.3, -0.25) is 9.59 Å². The Morgan fingerprint density at radius 1 is 1.00 bits per heavy atom. The molecule has 2 aliphatic rings. The number of hydrogen-bond donors (Lipinski definition) is 0. The Labute approximate surface area is 287 Å². The number of esters is 1. The Kier molecular flexibility index (Phi) is 13.6. The lowest BCUT2D eigenvalue weighted by atomic mass is 9.64. The lowest BCUT2D eigenvalue weighted by molar-refractivity contribution is -0.140. The van der Waals surface area contributed by atoms with Gasteiger partial charge in [-0.15, -0.1) is 11.3 Å². The predicted molar refractivity (Wildman–Crippen MR) is 198 cm³/mol. The zero-order valence-corrected chi connectivity index (χ0v) is 34.0. The van der Waals surface area contributed by atoms with Crippen LogP contribution in [-0.4, -0.2) is 41.6 Å². The first-order valence-electron chi connectivity index (χ1n) is 18.0. The van der Waals surface area contributed by atoms with Gasteiger partial charge in [0.05, 0.1) is 19.0 Å². The van der Waals surface area contributed by atoms with Crippen LogP contribution in [0.15, 0.2) is 29.3 Å². The fourth-order valence-corrected chi connectivity index (χ4v) is 9.94. The summed E-state index contributed by atoms with van der Waals surface area (Å²) in [4.78, 5) is 27.0. The second-order valence-corrected chi connectivity index (χ2v) is 27.9. The minimum absolute atomic E-state index is 0.0412. The average molecular weight is 691 g/mol. The van der Waals surface area contributed by atoms with Gasteiger partial charge in [-0.25, -0.2) is 0 Å². The molecule has 3 atom stereocenters. The molecule has 46 heavy (non-hydrogen) atoms. The molecule has 0 saturated heterocycles. The molecule has 2 aliphatic carbocycles. The SMILES string of the molecule is COC(=O)CCCCCC[C@H]1C(=O)C[C@@H](O[Si](C)(C)C(C)(C)C)[C@@H]1C(=CCCC1(Cc2cccs2)CCC1)O[Si](C)(C)C(C)(C)C. The van der Waals surface area contributed by atoms with E-state index in [0.29, 0.717) is 24.0 Å². The molecule has 5 nitrogen and oxygen atoms in total. The quantitative estimate of drug-likeness (QED) is 0.0704. The lowest BCUT2D eigenvalue weighted by Gasteiger charge is -2.43. The molecule has 0 aliphatic heterocycles. The minimum atomic E-state index is -2.18. The lowest BCUT2D eigenvalue weighted by Crippen LogP contribution is -2.47. The number of ketones is 1. The van der Waals surface area contributed by atoms with E-state index in [4.69, 9.17) is 13.6 Å². The topological polar surface area (TPSA) is 61.8 Å². The maximum Gasteiger partial charge on any atom is 0.305 e. The van der Waals surface area contributed by atoms with Crippen molar-refractivity contribution in [3.8, 4) is 0 Å². The fourth-order valence-electron chi connectivity index (χ4n) is 6.61. The Morgan fingerprint density at radius 2 is 1.65 bits per heavy atom. The van der Waals surface area contributed by atoms with E-state index in [1.165, 1.54) is 37.7 Å². The highest BCUT2D eigenvalue weighted by Crippen LogP contribution is 2.50. The standard InChI is InChI=1S/C38H66O5SSi2/c1-36(2,3)45(8,9)42-32(21-16-23-38(24-18-25-38)28-29-19-17-26-44-29)35-30(20-14-12-13-15-22-34(40)41-7)31(39)27-33(35)43-46(10,11)37(4,5)6/h17,19,21,26,30,33,35H,12-16,18,20,22-25,27-28H2,1-11H3/t30-,33+,35-/m0/s1. The molecule has 262 valence electrons. The van der Waals surface area contributed by atoms with Crippen molar-refractivity contribution in [3.05, 3.63) is 34.2 Å². The number of Topliss-reactive ketones (excluding diaryl/α,β-unsaturated/α-hetero) is 1. The molecule has 1 heterocycles. The molecule has 0 aromatic carbocycles. The number of ether oxygens (including phenoxy) is 1. The van der Waals surface area contributed by atoms with Crippen LogP contribution in [0, 0.1) is 17.3 Å². The molecule has 0 spiro atoms. The summed E-state index contributed by atoms with van der Waals surface area (Å²) >= 11 is 1.88. The summed E-state index contributed by atoms with van der Waals surface area (Å²) in [6.07, 6.45) is 15.1.